The lowest BCUT2D eigenvalue weighted by Crippen LogP contribution is -2.20. The highest BCUT2D eigenvalue weighted by atomic mass is 19.1. The van der Waals surface area contributed by atoms with Gasteiger partial charge in [-0.15, -0.1) is 0 Å². The first-order valence-electron chi connectivity index (χ1n) is 8.18. The fourth-order valence-electron chi connectivity index (χ4n) is 3.11. The van der Waals surface area contributed by atoms with Crippen molar-refractivity contribution in [3.05, 3.63) is 35.1 Å². The molecule has 0 aromatic heterocycles. The number of fused-ring (bicyclic) bond motifs is 1. The van der Waals surface area contributed by atoms with E-state index in [0.29, 0.717) is 6.04 Å². The van der Waals surface area contributed by atoms with Crippen LogP contribution in [-0.2, 0) is 6.42 Å². The van der Waals surface area contributed by atoms with Crippen molar-refractivity contribution < 1.29 is 4.39 Å². The number of rotatable bonds is 8. The first-order chi connectivity index (χ1) is 9.66. The molecule has 1 N–H and O–H groups in total. The maximum Gasteiger partial charge on any atom is 0.123 e. The standard InChI is InChI=1S/C18H28FN/c1-14(2)7-5-3-4-6-12-20-18-11-8-15-13-16(19)9-10-17(15)18/h9-10,13-14,18,20H,3-8,11-12H2,1-2H3. The van der Waals surface area contributed by atoms with Crippen molar-refractivity contribution >= 4 is 0 Å². The summed E-state index contributed by atoms with van der Waals surface area (Å²) in [6, 6.07) is 5.69. The number of aryl methyl sites for hydroxylation is 1. The molecule has 0 saturated carbocycles. The van der Waals surface area contributed by atoms with Gasteiger partial charge < -0.3 is 5.32 Å². The van der Waals surface area contributed by atoms with Crippen LogP contribution in [-0.4, -0.2) is 6.54 Å². The minimum Gasteiger partial charge on any atom is -0.310 e. The molecule has 1 aromatic carbocycles. The number of halogens is 1. The van der Waals surface area contributed by atoms with E-state index in [-0.39, 0.29) is 5.82 Å². The second-order valence-corrected chi connectivity index (χ2v) is 6.49. The van der Waals surface area contributed by atoms with Gasteiger partial charge in [0.2, 0.25) is 0 Å². The van der Waals surface area contributed by atoms with Crippen LogP contribution in [0.4, 0.5) is 4.39 Å². The Hall–Kier alpha value is -0.890. The van der Waals surface area contributed by atoms with Crippen molar-refractivity contribution in [3.8, 4) is 0 Å². The Labute approximate surface area is 123 Å². The van der Waals surface area contributed by atoms with E-state index in [1.807, 2.05) is 6.07 Å². The van der Waals surface area contributed by atoms with Crippen LogP contribution < -0.4 is 5.32 Å². The Balaban J connectivity index is 1.62. The molecular weight excluding hydrogens is 249 g/mol. The lowest BCUT2D eigenvalue weighted by Gasteiger charge is -2.14. The smallest absolute Gasteiger partial charge is 0.123 e. The van der Waals surface area contributed by atoms with Crippen molar-refractivity contribution in [1.29, 1.82) is 0 Å². The molecule has 2 heteroatoms. The molecular formula is C18H28FN. The van der Waals surface area contributed by atoms with E-state index in [2.05, 4.69) is 19.2 Å². The van der Waals surface area contributed by atoms with E-state index in [0.717, 1.165) is 25.3 Å². The normalized spacial score (nSPS) is 17.7. The summed E-state index contributed by atoms with van der Waals surface area (Å²) in [5, 5.41) is 3.63. The van der Waals surface area contributed by atoms with Gasteiger partial charge in [-0.05, 0) is 55.0 Å². The molecule has 1 aliphatic rings. The lowest BCUT2D eigenvalue weighted by molar-refractivity contribution is 0.485. The minimum atomic E-state index is -0.102. The van der Waals surface area contributed by atoms with Gasteiger partial charge in [0.25, 0.3) is 0 Å². The van der Waals surface area contributed by atoms with Gasteiger partial charge in [0, 0.05) is 6.04 Å². The van der Waals surface area contributed by atoms with Crippen LogP contribution in [0, 0.1) is 11.7 Å². The lowest BCUT2D eigenvalue weighted by atomic mass is 10.0. The molecule has 0 heterocycles. The average Bonchev–Trinajstić information content (AvgIpc) is 2.79. The first-order valence-corrected chi connectivity index (χ1v) is 8.18. The van der Waals surface area contributed by atoms with E-state index in [1.165, 1.54) is 43.2 Å². The highest BCUT2D eigenvalue weighted by Gasteiger charge is 2.21. The molecule has 1 atom stereocenters. The minimum absolute atomic E-state index is 0.102. The molecule has 1 unspecified atom stereocenters. The van der Waals surface area contributed by atoms with Crippen LogP contribution >= 0.6 is 0 Å². The summed E-state index contributed by atoms with van der Waals surface area (Å²) in [4.78, 5) is 0. The summed E-state index contributed by atoms with van der Waals surface area (Å²) in [7, 11) is 0. The zero-order valence-corrected chi connectivity index (χ0v) is 12.9. The van der Waals surface area contributed by atoms with E-state index in [1.54, 1.807) is 12.1 Å². The summed E-state index contributed by atoms with van der Waals surface area (Å²) in [6.07, 6.45) is 8.78. The highest BCUT2D eigenvalue weighted by molar-refractivity contribution is 5.34. The van der Waals surface area contributed by atoms with E-state index >= 15 is 0 Å². The third kappa shape index (κ3) is 4.59. The van der Waals surface area contributed by atoms with Crippen molar-refractivity contribution in [2.75, 3.05) is 6.54 Å². The van der Waals surface area contributed by atoms with Crippen LogP contribution in [0.2, 0.25) is 0 Å². The molecule has 1 aliphatic carbocycles. The molecule has 0 saturated heterocycles. The van der Waals surface area contributed by atoms with Crippen LogP contribution in [0.5, 0.6) is 0 Å². The van der Waals surface area contributed by atoms with Crippen LogP contribution in [0.1, 0.15) is 69.5 Å². The molecule has 1 aromatic rings. The predicted octanol–water partition coefficient (Wildman–Crippen LogP) is 5.01. The summed E-state index contributed by atoms with van der Waals surface area (Å²) >= 11 is 0. The SMILES string of the molecule is CC(C)CCCCCCNC1CCc2cc(F)ccc21. The number of hydrogen-bond donors (Lipinski definition) is 1. The molecule has 1 nitrogen and oxygen atoms in total. The second kappa shape index (κ2) is 7.78. The van der Waals surface area contributed by atoms with Gasteiger partial charge in [0.1, 0.15) is 5.82 Å². The second-order valence-electron chi connectivity index (χ2n) is 6.49. The maximum absolute atomic E-state index is 13.2. The molecule has 0 bridgehead atoms. The van der Waals surface area contributed by atoms with E-state index < -0.39 is 0 Å². The number of nitrogens with one attached hydrogen (secondary N) is 1. The third-order valence-electron chi connectivity index (χ3n) is 4.28. The van der Waals surface area contributed by atoms with Crippen molar-refractivity contribution in [1.82, 2.24) is 5.32 Å². The molecule has 0 radical (unpaired) electrons. The maximum atomic E-state index is 13.2. The quantitative estimate of drug-likeness (QED) is 0.659. The Morgan fingerprint density at radius 1 is 1.20 bits per heavy atom. The molecule has 0 fully saturated rings. The third-order valence-corrected chi connectivity index (χ3v) is 4.28. The predicted molar refractivity (Wildman–Crippen MR) is 83.4 cm³/mol. The molecule has 112 valence electrons. The molecule has 0 amide bonds. The monoisotopic (exact) mass is 277 g/mol. The van der Waals surface area contributed by atoms with Gasteiger partial charge in [-0.3, -0.25) is 0 Å². The fourth-order valence-corrected chi connectivity index (χ4v) is 3.11. The van der Waals surface area contributed by atoms with E-state index in [9.17, 15) is 4.39 Å². The summed E-state index contributed by atoms with van der Waals surface area (Å²) < 4.78 is 13.2. The van der Waals surface area contributed by atoms with Crippen LogP contribution in [0.25, 0.3) is 0 Å². The summed E-state index contributed by atoms with van der Waals surface area (Å²) in [5.74, 6) is 0.734. The van der Waals surface area contributed by atoms with Crippen LogP contribution in [0.15, 0.2) is 18.2 Å². The zero-order valence-electron chi connectivity index (χ0n) is 12.9. The number of benzene rings is 1. The Kier molecular flexibility index (Phi) is 6.03. The van der Waals surface area contributed by atoms with Crippen molar-refractivity contribution in [2.24, 2.45) is 5.92 Å². The average molecular weight is 277 g/mol. The number of unbranched alkanes of at least 4 members (excludes halogenated alkanes) is 3. The first kappa shape index (κ1) is 15.5. The van der Waals surface area contributed by atoms with Gasteiger partial charge in [-0.2, -0.15) is 0 Å². The summed E-state index contributed by atoms with van der Waals surface area (Å²) in [6.45, 7) is 5.67. The topological polar surface area (TPSA) is 12.0 Å². The molecule has 0 aliphatic heterocycles. The van der Waals surface area contributed by atoms with Crippen molar-refractivity contribution in [3.63, 3.8) is 0 Å². The molecule has 0 spiro atoms. The van der Waals surface area contributed by atoms with Crippen LogP contribution in [0.3, 0.4) is 0 Å². The fraction of sp³-hybridized carbons (Fsp3) is 0.667. The zero-order chi connectivity index (χ0) is 14.4. The molecule has 2 rings (SSSR count). The Morgan fingerprint density at radius 3 is 2.80 bits per heavy atom. The van der Waals surface area contributed by atoms with Gasteiger partial charge in [-0.1, -0.05) is 45.6 Å². The van der Waals surface area contributed by atoms with E-state index in [4.69, 9.17) is 0 Å². The van der Waals surface area contributed by atoms with Gasteiger partial charge in [-0.25, -0.2) is 4.39 Å². The Morgan fingerprint density at radius 2 is 2.00 bits per heavy atom. The van der Waals surface area contributed by atoms with Gasteiger partial charge in [0.15, 0.2) is 0 Å². The number of hydrogen-bond acceptors (Lipinski definition) is 1. The Bertz CT molecular complexity index is 414. The molecule has 20 heavy (non-hydrogen) atoms. The van der Waals surface area contributed by atoms with Gasteiger partial charge in [0.05, 0.1) is 0 Å². The van der Waals surface area contributed by atoms with Crippen molar-refractivity contribution in [2.45, 2.75) is 64.8 Å². The largest absolute Gasteiger partial charge is 0.310 e. The van der Waals surface area contributed by atoms with Gasteiger partial charge >= 0.3 is 0 Å². The highest BCUT2D eigenvalue weighted by Crippen LogP contribution is 2.31. The summed E-state index contributed by atoms with van der Waals surface area (Å²) in [5.41, 5.74) is 2.51.